The van der Waals surface area contributed by atoms with Gasteiger partial charge in [0, 0.05) is 18.3 Å². The van der Waals surface area contributed by atoms with Gasteiger partial charge in [-0.2, -0.15) is 0 Å². The van der Waals surface area contributed by atoms with Gasteiger partial charge in [-0.3, -0.25) is 0 Å². The van der Waals surface area contributed by atoms with Crippen LogP contribution in [-0.2, 0) is 0 Å². The summed E-state index contributed by atoms with van der Waals surface area (Å²) in [6, 6.07) is 0. The molecule has 2 heterocycles. The van der Waals surface area contributed by atoms with Crippen LogP contribution in [0.4, 0.5) is 0 Å². The molecule has 2 saturated heterocycles. The van der Waals surface area contributed by atoms with Crippen molar-refractivity contribution in [2.24, 2.45) is 23.2 Å². The first-order valence-electron chi connectivity index (χ1n) is 9.39. The number of piperidine rings is 1. The van der Waals surface area contributed by atoms with E-state index in [9.17, 15) is 0 Å². The highest BCUT2D eigenvalue weighted by Gasteiger charge is 2.53. The highest BCUT2D eigenvalue weighted by Crippen LogP contribution is 2.51. The Balaban J connectivity index is 0.000000956. The highest BCUT2D eigenvalue weighted by atomic mass is 15.4. The maximum Gasteiger partial charge on any atom is 0.0823 e. The Kier molecular flexibility index (Phi) is 6.57. The Hall–Kier alpha value is -0.0400. The normalized spacial score (nSPS) is 36.5. The van der Waals surface area contributed by atoms with Gasteiger partial charge in [0.05, 0.1) is 26.2 Å². The van der Waals surface area contributed by atoms with Crippen molar-refractivity contribution < 1.29 is 4.48 Å². The lowest BCUT2D eigenvalue weighted by Crippen LogP contribution is -2.57. The summed E-state index contributed by atoms with van der Waals surface area (Å²) in [4.78, 5) is 0. The summed E-state index contributed by atoms with van der Waals surface area (Å²) in [7, 11) is 0. The number of fused-ring (bicyclic) bond motifs is 2. The molecular formula is C19H40N+. The topological polar surface area (TPSA) is 0 Å². The second-order valence-electron chi connectivity index (χ2n) is 7.34. The van der Waals surface area contributed by atoms with Crippen LogP contribution >= 0.6 is 0 Å². The highest BCUT2D eigenvalue weighted by molar-refractivity contribution is 4.92. The average Bonchev–Trinajstić information content (AvgIpc) is 2.87. The van der Waals surface area contributed by atoms with Gasteiger partial charge in [-0.25, -0.2) is 0 Å². The lowest BCUT2D eigenvalue weighted by atomic mass is 9.62. The third kappa shape index (κ3) is 3.08. The van der Waals surface area contributed by atoms with Crippen molar-refractivity contribution in [1.82, 2.24) is 0 Å². The molecule has 4 unspecified atom stereocenters. The van der Waals surface area contributed by atoms with Gasteiger partial charge in [0.15, 0.2) is 0 Å². The zero-order chi connectivity index (χ0) is 15.4. The quantitative estimate of drug-likeness (QED) is 0.596. The molecule has 2 rings (SSSR count). The van der Waals surface area contributed by atoms with Crippen LogP contribution in [0.2, 0.25) is 0 Å². The van der Waals surface area contributed by atoms with Crippen molar-refractivity contribution in [2.75, 3.05) is 26.2 Å². The van der Waals surface area contributed by atoms with Crippen molar-refractivity contribution in [3.8, 4) is 0 Å². The Morgan fingerprint density at radius 2 is 1.60 bits per heavy atom. The van der Waals surface area contributed by atoms with Crippen molar-refractivity contribution in [2.45, 2.75) is 74.1 Å². The van der Waals surface area contributed by atoms with Gasteiger partial charge in [0.2, 0.25) is 0 Å². The molecule has 20 heavy (non-hydrogen) atoms. The molecule has 0 aromatic carbocycles. The number of hydrogen-bond acceptors (Lipinski definition) is 0. The smallest absolute Gasteiger partial charge is 0.0823 e. The first kappa shape index (κ1) is 18.0. The molecule has 0 N–H and O–H groups in total. The van der Waals surface area contributed by atoms with E-state index >= 15 is 0 Å². The molecule has 0 aliphatic carbocycles. The summed E-state index contributed by atoms with van der Waals surface area (Å²) in [5.41, 5.74) is 0.586. The Labute approximate surface area is 128 Å². The molecule has 1 nitrogen and oxygen atoms in total. The summed E-state index contributed by atoms with van der Waals surface area (Å²) in [5.74, 6) is 3.01. The minimum atomic E-state index is 0.586. The van der Waals surface area contributed by atoms with E-state index in [0.29, 0.717) is 5.41 Å². The fraction of sp³-hybridized carbons (Fsp3) is 1.00. The summed E-state index contributed by atoms with van der Waals surface area (Å²) in [5, 5.41) is 0. The van der Waals surface area contributed by atoms with Crippen LogP contribution in [0, 0.1) is 23.2 Å². The van der Waals surface area contributed by atoms with Gasteiger partial charge in [-0.15, -0.1) is 0 Å². The van der Waals surface area contributed by atoms with E-state index in [0.717, 1.165) is 17.8 Å². The number of quaternary nitrogens is 1. The second-order valence-corrected chi connectivity index (χ2v) is 7.34. The molecule has 0 amide bonds. The van der Waals surface area contributed by atoms with E-state index in [1.54, 1.807) is 0 Å². The first-order chi connectivity index (χ1) is 9.54. The molecule has 0 saturated carbocycles. The van der Waals surface area contributed by atoms with E-state index < -0.39 is 0 Å². The second kappa shape index (κ2) is 7.29. The van der Waals surface area contributed by atoms with Crippen molar-refractivity contribution >= 4 is 0 Å². The lowest BCUT2D eigenvalue weighted by Gasteiger charge is -2.50. The Bertz CT molecular complexity index is 281. The van der Waals surface area contributed by atoms with Gasteiger partial charge >= 0.3 is 0 Å². The third-order valence-corrected chi connectivity index (χ3v) is 6.96. The van der Waals surface area contributed by atoms with Crippen molar-refractivity contribution in [3.05, 3.63) is 0 Å². The maximum absolute atomic E-state index is 2.57. The fourth-order valence-corrected chi connectivity index (χ4v) is 5.06. The van der Waals surface area contributed by atoms with Crippen molar-refractivity contribution in [1.29, 1.82) is 0 Å². The average molecular weight is 283 g/mol. The van der Waals surface area contributed by atoms with E-state index in [-0.39, 0.29) is 0 Å². The maximum atomic E-state index is 2.57. The van der Waals surface area contributed by atoms with E-state index in [1.807, 2.05) is 13.8 Å². The Morgan fingerprint density at radius 3 is 2.05 bits per heavy atom. The molecule has 2 fully saturated rings. The van der Waals surface area contributed by atoms with Crippen LogP contribution in [0.15, 0.2) is 0 Å². The van der Waals surface area contributed by atoms with Crippen LogP contribution in [0.25, 0.3) is 0 Å². The van der Waals surface area contributed by atoms with E-state index in [2.05, 4.69) is 34.6 Å². The predicted octanol–water partition coefficient (Wildman–Crippen LogP) is 5.35. The minimum absolute atomic E-state index is 0.586. The third-order valence-electron chi connectivity index (χ3n) is 6.96. The zero-order valence-corrected chi connectivity index (χ0v) is 15.3. The number of nitrogens with zero attached hydrogens (tertiary/aromatic N) is 1. The molecule has 4 atom stereocenters. The summed E-state index contributed by atoms with van der Waals surface area (Å²) < 4.78 is 1.45. The summed E-state index contributed by atoms with van der Waals surface area (Å²) in [6.45, 7) is 22.1. The van der Waals surface area contributed by atoms with Crippen LogP contribution in [0.5, 0.6) is 0 Å². The Morgan fingerprint density at radius 1 is 1.00 bits per heavy atom. The van der Waals surface area contributed by atoms with Crippen LogP contribution in [0.1, 0.15) is 74.1 Å². The van der Waals surface area contributed by atoms with Gasteiger partial charge in [-0.05, 0) is 18.3 Å². The predicted molar refractivity (Wildman–Crippen MR) is 90.8 cm³/mol. The van der Waals surface area contributed by atoms with Gasteiger partial charge in [0.25, 0.3) is 0 Å². The molecule has 120 valence electrons. The van der Waals surface area contributed by atoms with Gasteiger partial charge < -0.3 is 4.48 Å². The van der Waals surface area contributed by atoms with Crippen molar-refractivity contribution in [3.63, 3.8) is 0 Å². The van der Waals surface area contributed by atoms with E-state index in [4.69, 9.17) is 0 Å². The lowest BCUT2D eigenvalue weighted by molar-refractivity contribution is -0.925. The minimum Gasteiger partial charge on any atom is -0.323 e. The molecular weight excluding hydrogens is 242 g/mol. The molecule has 0 aromatic rings. The molecule has 2 aliphatic rings. The summed E-state index contributed by atoms with van der Waals surface area (Å²) in [6.07, 6.45) is 5.64. The van der Waals surface area contributed by atoms with E-state index in [1.165, 1.54) is 56.3 Å². The standard InChI is InChI=1S/C17H34N.C2H6/c1-6-15-14-10-11-18(9-4,12-14)13-16(15)17(5,7-2)8-3;1-2/h14-16H,6-13H2,1-5H3;1-2H3/q+1;. The van der Waals surface area contributed by atoms with Gasteiger partial charge in [-0.1, -0.05) is 60.8 Å². The molecule has 1 heteroatoms. The zero-order valence-electron chi connectivity index (χ0n) is 15.3. The van der Waals surface area contributed by atoms with Crippen LogP contribution in [0.3, 0.4) is 0 Å². The number of rotatable bonds is 5. The largest absolute Gasteiger partial charge is 0.323 e. The first-order valence-corrected chi connectivity index (χ1v) is 9.39. The molecule has 2 bridgehead atoms. The molecule has 0 spiro atoms. The van der Waals surface area contributed by atoms with Gasteiger partial charge in [0.1, 0.15) is 0 Å². The van der Waals surface area contributed by atoms with Crippen LogP contribution in [-0.4, -0.2) is 30.7 Å². The molecule has 2 aliphatic heterocycles. The summed E-state index contributed by atoms with van der Waals surface area (Å²) >= 11 is 0. The monoisotopic (exact) mass is 282 g/mol. The number of hydrogen-bond donors (Lipinski definition) is 0. The SMILES string of the molecule is CC.CCC1C2CC[N+](CC)(C2)CC1C(C)(CC)CC. The molecule has 0 radical (unpaired) electrons. The molecule has 0 aromatic heterocycles. The van der Waals surface area contributed by atoms with Crippen LogP contribution < -0.4 is 0 Å². The fourth-order valence-electron chi connectivity index (χ4n) is 5.06.